The maximum Gasteiger partial charge on any atom is 0.265 e. The Bertz CT molecular complexity index is 410. The van der Waals surface area contributed by atoms with E-state index < -0.39 is 0 Å². The van der Waals surface area contributed by atoms with E-state index in [9.17, 15) is 4.79 Å². The van der Waals surface area contributed by atoms with Crippen LogP contribution in [0.5, 0.6) is 11.8 Å². The van der Waals surface area contributed by atoms with Gasteiger partial charge in [-0.3, -0.25) is 4.79 Å². The normalized spacial score (nSPS) is 15.3. The first-order valence-corrected chi connectivity index (χ1v) is 5.71. The minimum atomic E-state index is -0.161. The van der Waals surface area contributed by atoms with Crippen LogP contribution in [0, 0.1) is 0 Å². The molecule has 1 amide bonds. The van der Waals surface area contributed by atoms with Gasteiger partial charge in [0.2, 0.25) is 11.8 Å². The first kappa shape index (κ1) is 12.6. The average Bonchev–Trinajstić information content (AvgIpc) is 2.46. The Kier molecular flexibility index (Phi) is 3.93. The van der Waals surface area contributed by atoms with Crippen LogP contribution in [0.3, 0.4) is 0 Å². The number of hydrogen-bond donors (Lipinski definition) is 1. The molecule has 0 aliphatic carbocycles. The van der Waals surface area contributed by atoms with E-state index >= 15 is 0 Å². The number of ether oxygens (including phenoxy) is 2. The van der Waals surface area contributed by atoms with Gasteiger partial charge >= 0.3 is 0 Å². The van der Waals surface area contributed by atoms with Crippen molar-refractivity contribution >= 4 is 5.91 Å². The van der Waals surface area contributed by atoms with Gasteiger partial charge in [0.1, 0.15) is 6.33 Å². The van der Waals surface area contributed by atoms with Gasteiger partial charge in [-0.25, -0.2) is 9.97 Å². The second kappa shape index (κ2) is 5.63. The van der Waals surface area contributed by atoms with E-state index in [2.05, 4.69) is 15.3 Å². The number of nitrogens with zero attached hydrogens (tertiary/aromatic N) is 3. The van der Waals surface area contributed by atoms with Crippen LogP contribution >= 0.6 is 0 Å². The molecule has 0 bridgehead atoms. The molecule has 7 heteroatoms. The van der Waals surface area contributed by atoms with Gasteiger partial charge < -0.3 is 19.7 Å². The molecule has 18 heavy (non-hydrogen) atoms. The molecule has 7 nitrogen and oxygen atoms in total. The van der Waals surface area contributed by atoms with Crippen LogP contribution in [0.1, 0.15) is 10.4 Å². The Morgan fingerprint density at radius 1 is 1.22 bits per heavy atom. The van der Waals surface area contributed by atoms with Gasteiger partial charge in [0.25, 0.3) is 5.91 Å². The maximum atomic E-state index is 12.4. The summed E-state index contributed by atoms with van der Waals surface area (Å²) in [7, 11) is 2.94. The molecule has 1 fully saturated rings. The first-order chi connectivity index (χ1) is 8.77. The molecule has 2 rings (SSSR count). The van der Waals surface area contributed by atoms with Crippen molar-refractivity contribution in [2.75, 3.05) is 40.4 Å². The third-order valence-corrected chi connectivity index (χ3v) is 2.78. The molecule has 1 N–H and O–H groups in total. The summed E-state index contributed by atoms with van der Waals surface area (Å²) in [6.45, 7) is 2.87. The van der Waals surface area contributed by atoms with E-state index in [0.29, 0.717) is 13.1 Å². The number of carbonyl (C=O) groups excluding carboxylic acids is 1. The SMILES string of the molecule is COc1ncnc(OC)c1C(=O)N1CCNCC1. The fourth-order valence-corrected chi connectivity index (χ4v) is 1.87. The van der Waals surface area contributed by atoms with Gasteiger partial charge in [-0.05, 0) is 0 Å². The number of aromatic nitrogens is 2. The number of methoxy groups -OCH3 is 2. The highest BCUT2D eigenvalue weighted by Crippen LogP contribution is 2.25. The molecule has 0 unspecified atom stereocenters. The Morgan fingerprint density at radius 2 is 1.78 bits per heavy atom. The molecule has 1 saturated heterocycles. The largest absolute Gasteiger partial charge is 0.480 e. The summed E-state index contributed by atoms with van der Waals surface area (Å²) < 4.78 is 10.2. The van der Waals surface area contributed by atoms with Crippen LogP contribution < -0.4 is 14.8 Å². The number of hydrogen-bond acceptors (Lipinski definition) is 6. The predicted octanol–water partition coefficient (Wildman–Crippen LogP) is -0.461. The highest BCUT2D eigenvalue weighted by Gasteiger charge is 2.26. The monoisotopic (exact) mass is 252 g/mol. The van der Waals surface area contributed by atoms with Crippen LogP contribution in [-0.4, -0.2) is 61.2 Å². The highest BCUT2D eigenvalue weighted by atomic mass is 16.5. The molecule has 0 spiro atoms. The van der Waals surface area contributed by atoms with Crippen LogP contribution in [0.2, 0.25) is 0 Å². The van der Waals surface area contributed by atoms with Gasteiger partial charge in [0.05, 0.1) is 14.2 Å². The zero-order valence-electron chi connectivity index (χ0n) is 10.5. The van der Waals surface area contributed by atoms with E-state index in [0.717, 1.165) is 13.1 Å². The summed E-state index contributed by atoms with van der Waals surface area (Å²) in [6.07, 6.45) is 1.31. The smallest absolute Gasteiger partial charge is 0.265 e. The molecular weight excluding hydrogens is 236 g/mol. The molecule has 1 aromatic heterocycles. The number of amides is 1. The lowest BCUT2D eigenvalue weighted by Gasteiger charge is -2.27. The number of carbonyl (C=O) groups is 1. The predicted molar refractivity (Wildman–Crippen MR) is 63.9 cm³/mol. The lowest BCUT2D eigenvalue weighted by Crippen LogP contribution is -2.46. The second-order valence-electron chi connectivity index (χ2n) is 3.81. The van der Waals surface area contributed by atoms with E-state index in [4.69, 9.17) is 9.47 Å². The van der Waals surface area contributed by atoms with Crippen molar-refractivity contribution in [2.45, 2.75) is 0 Å². The van der Waals surface area contributed by atoms with Crippen molar-refractivity contribution in [2.24, 2.45) is 0 Å². The van der Waals surface area contributed by atoms with Crippen LogP contribution in [0.25, 0.3) is 0 Å². The average molecular weight is 252 g/mol. The molecule has 2 heterocycles. The minimum absolute atomic E-state index is 0.161. The zero-order chi connectivity index (χ0) is 13.0. The van der Waals surface area contributed by atoms with Gasteiger partial charge in [0.15, 0.2) is 5.56 Å². The Hall–Kier alpha value is -1.89. The summed E-state index contributed by atoms with van der Waals surface area (Å²) in [5, 5.41) is 3.19. The fraction of sp³-hybridized carbons (Fsp3) is 0.545. The van der Waals surface area contributed by atoms with Crippen molar-refractivity contribution in [1.82, 2.24) is 20.2 Å². The molecule has 1 aliphatic rings. The van der Waals surface area contributed by atoms with Gasteiger partial charge in [-0.2, -0.15) is 0 Å². The summed E-state index contributed by atoms with van der Waals surface area (Å²) in [5.74, 6) is 0.321. The van der Waals surface area contributed by atoms with Crippen molar-refractivity contribution in [3.8, 4) is 11.8 Å². The van der Waals surface area contributed by atoms with E-state index in [1.165, 1.54) is 20.5 Å². The summed E-state index contributed by atoms with van der Waals surface area (Å²) >= 11 is 0. The van der Waals surface area contributed by atoms with E-state index in [1.807, 2.05) is 0 Å². The topological polar surface area (TPSA) is 76.6 Å². The zero-order valence-corrected chi connectivity index (χ0v) is 10.5. The van der Waals surface area contributed by atoms with Gasteiger partial charge in [-0.15, -0.1) is 0 Å². The van der Waals surface area contributed by atoms with Crippen LogP contribution in [0.15, 0.2) is 6.33 Å². The standard InChI is InChI=1S/C11H16N4O3/c1-17-9-8(10(18-2)14-7-13-9)11(16)15-5-3-12-4-6-15/h7,12H,3-6H2,1-2H3. The molecule has 0 atom stereocenters. The summed E-state index contributed by atoms with van der Waals surface area (Å²) in [6, 6.07) is 0. The molecule has 0 aromatic carbocycles. The number of rotatable bonds is 3. The van der Waals surface area contributed by atoms with Crippen molar-refractivity contribution in [1.29, 1.82) is 0 Å². The van der Waals surface area contributed by atoms with Gasteiger partial charge in [0, 0.05) is 26.2 Å². The first-order valence-electron chi connectivity index (χ1n) is 5.71. The Morgan fingerprint density at radius 3 is 2.28 bits per heavy atom. The molecule has 1 aliphatic heterocycles. The van der Waals surface area contributed by atoms with E-state index in [1.54, 1.807) is 4.90 Å². The van der Waals surface area contributed by atoms with Crippen LogP contribution in [-0.2, 0) is 0 Å². The van der Waals surface area contributed by atoms with E-state index in [-0.39, 0.29) is 23.2 Å². The summed E-state index contributed by atoms with van der Waals surface area (Å²) in [4.78, 5) is 22.0. The third kappa shape index (κ3) is 2.35. The fourth-order valence-electron chi connectivity index (χ4n) is 1.87. The lowest BCUT2D eigenvalue weighted by atomic mass is 10.2. The minimum Gasteiger partial charge on any atom is -0.480 e. The lowest BCUT2D eigenvalue weighted by molar-refractivity contribution is 0.0727. The molecule has 0 saturated carbocycles. The van der Waals surface area contributed by atoms with Crippen molar-refractivity contribution < 1.29 is 14.3 Å². The molecule has 1 aromatic rings. The Balaban J connectivity index is 2.32. The highest BCUT2D eigenvalue weighted by molar-refractivity contribution is 5.98. The second-order valence-corrected chi connectivity index (χ2v) is 3.81. The third-order valence-electron chi connectivity index (χ3n) is 2.78. The van der Waals surface area contributed by atoms with Crippen molar-refractivity contribution in [3.63, 3.8) is 0 Å². The van der Waals surface area contributed by atoms with Gasteiger partial charge in [-0.1, -0.05) is 0 Å². The van der Waals surface area contributed by atoms with Crippen molar-refractivity contribution in [3.05, 3.63) is 11.9 Å². The quantitative estimate of drug-likeness (QED) is 0.784. The Labute approximate surface area is 105 Å². The molecule has 98 valence electrons. The number of nitrogens with one attached hydrogen (secondary N) is 1. The number of piperazine rings is 1. The maximum absolute atomic E-state index is 12.4. The van der Waals surface area contributed by atoms with Crippen LogP contribution in [0.4, 0.5) is 0 Å². The summed E-state index contributed by atoms with van der Waals surface area (Å²) in [5.41, 5.74) is 0.282. The molecular formula is C11H16N4O3. The molecule has 0 radical (unpaired) electrons.